The Bertz CT molecular complexity index is 908. The first-order valence-corrected chi connectivity index (χ1v) is 10.3. The summed E-state index contributed by atoms with van der Waals surface area (Å²) in [6.07, 6.45) is 7.54. The van der Waals surface area contributed by atoms with Gasteiger partial charge in [0, 0.05) is 5.02 Å². The predicted octanol–water partition coefficient (Wildman–Crippen LogP) is 6.12. The van der Waals surface area contributed by atoms with Gasteiger partial charge in [-0.25, -0.2) is 4.98 Å². The lowest BCUT2D eigenvalue weighted by molar-refractivity contribution is 0.0752. The van der Waals surface area contributed by atoms with Crippen LogP contribution in [0.1, 0.15) is 74.3 Å². The van der Waals surface area contributed by atoms with Crippen molar-refractivity contribution in [2.75, 3.05) is 0 Å². The van der Waals surface area contributed by atoms with Crippen LogP contribution in [0.2, 0.25) is 5.02 Å². The molecule has 1 saturated carbocycles. The molecule has 4 rings (SSSR count). The average Bonchev–Trinajstić information content (AvgIpc) is 3.16. The maximum atomic E-state index is 11.3. The summed E-state index contributed by atoms with van der Waals surface area (Å²) in [5.74, 6) is 1.23. The van der Waals surface area contributed by atoms with Gasteiger partial charge >= 0.3 is 0 Å². The fourth-order valence-corrected chi connectivity index (χ4v) is 4.68. The van der Waals surface area contributed by atoms with Crippen LogP contribution in [0.5, 0.6) is 0 Å². The highest BCUT2D eigenvalue weighted by Gasteiger charge is 2.31. The SMILES string of the molecule is CC(C)c1ccc2cncn2c1[C@H](O)[C@H]1CC[C@H](c2ccc(Cl)cc2)CC1. The lowest BCUT2D eigenvalue weighted by Gasteiger charge is -2.33. The highest BCUT2D eigenvalue weighted by Crippen LogP contribution is 2.42. The van der Waals surface area contributed by atoms with Crippen LogP contribution in [0.4, 0.5) is 0 Å². The topological polar surface area (TPSA) is 37.5 Å². The number of aromatic nitrogens is 2. The number of imidazole rings is 1. The lowest BCUT2D eigenvalue weighted by atomic mass is 9.75. The largest absolute Gasteiger partial charge is 0.387 e. The van der Waals surface area contributed by atoms with Crippen molar-refractivity contribution in [3.05, 3.63) is 70.8 Å². The van der Waals surface area contributed by atoms with Crippen LogP contribution < -0.4 is 0 Å². The van der Waals surface area contributed by atoms with Crippen LogP contribution in [-0.2, 0) is 0 Å². The highest BCUT2D eigenvalue weighted by atomic mass is 35.5. The van der Waals surface area contributed by atoms with Gasteiger partial charge in [-0.15, -0.1) is 0 Å². The van der Waals surface area contributed by atoms with Crippen LogP contribution in [0, 0.1) is 5.92 Å². The summed E-state index contributed by atoms with van der Waals surface area (Å²) in [6.45, 7) is 4.37. The standard InChI is InChI=1S/C23H27ClN2O/c1-15(2)21-12-11-20-13-25-14-26(20)22(21)23(27)18-5-3-16(4-6-18)17-7-9-19(24)10-8-17/h7-16,18,23,27H,3-6H2,1-2H3/t16-,18-,23-/m1/s1. The van der Waals surface area contributed by atoms with Gasteiger partial charge in [0.1, 0.15) is 0 Å². The van der Waals surface area contributed by atoms with E-state index in [1.807, 2.05) is 24.7 Å². The first-order chi connectivity index (χ1) is 13.0. The third-order valence-corrected chi connectivity index (χ3v) is 6.37. The second-order valence-electron chi connectivity index (χ2n) is 8.13. The van der Waals surface area contributed by atoms with Gasteiger partial charge < -0.3 is 9.51 Å². The quantitative estimate of drug-likeness (QED) is 0.590. The second kappa shape index (κ2) is 7.65. The van der Waals surface area contributed by atoms with E-state index in [1.165, 1.54) is 11.1 Å². The van der Waals surface area contributed by atoms with E-state index < -0.39 is 6.10 Å². The number of benzene rings is 1. The summed E-state index contributed by atoms with van der Waals surface area (Å²) in [6, 6.07) is 12.5. The molecule has 4 heteroatoms. The van der Waals surface area contributed by atoms with Crippen LogP contribution in [0.25, 0.3) is 5.52 Å². The van der Waals surface area contributed by atoms with Gasteiger partial charge in [-0.2, -0.15) is 0 Å². The zero-order valence-electron chi connectivity index (χ0n) is 16.0. The van der Waals surface area contributed by atoms with Crippen molar-refractivity contribution in [1.82, 2.24) is 9.38 Å². The van der Waals surface area contributed by atoms with Crippen LogP contribution in [0.3, 0.4) is 0 Å². The van der Waals surface area contributed by atoms with Crippen LogP contribution in [-0.4, -0.2) is 14.5 Å². The molecule has 1 N–H and O–H groups in total. The van der Waals surface area contributed by atoms with E-state index in [0.29, 0.717) is 17.8 Å². The minimum Gasteiger partial charge on any atom is -0.387 e. The number of aliphatic hydroxyl groups excluding tert-OH is 1. The number of rotatable bonds is 4. The Morgan fingerprint density at radius 1 is 1.04 bits per heavy atom. The van der Waals surface area contributed by atoms with Gasteiger partial charge in [-0.1, -0.05) is 43.6 Å². The highest BCUT2D eigenvalue weighted by molar-refractivity contribution is 6.30. The third-order valence-electron chi connectivity index (χ3n) is 6.12. The van der Waals surface area contributed by atoms with Crippen molar-refractivity contribution in [3.8, 4) is 0 Å². The number of aliphatic hydroxyl groups is 1. The molecular formula is C23H27ClN2O. The molecule has 142 valence electrons. The molecule has 3 aromatic rings. The number of hydrogen-bond acceptors (Lipinski definition) is 2. The lowest BCUT2D eigenvalue weighted by Crippen LogP contribution is -2.22. The molecule has 1 atom stereocenters. The number of nitrogens with zero attached hydrogens (tertiary/aromatic N) is 2. The molecule has 1 aromatic carbocycles. The Morgan fingerprint density at radius 3 is 2.41 bits per heavy atom. The Kier molecular flexibility index (Phi) is 5.25. The van der Waals surface area contributed by atoms with Crippen molar-refractivity contribution in [2.45, 2.75) is 57.5 Å². The minimum absolute atomic E-state index is 0.291. The molecule has 0 saturated heterocycles. The van der Waals surface area contributed by atoms with Crippen molar-refractivity contribution >= 4 is 17.1 Å². The molecule has 0 aliphatic heterocycles. The summed E-state index contributed by atoms with van der Waals surface area (Å²) >= 11 is 6.02. The van der Waals surface area contributed by atoms with E-state index in [1.54, 1.807) is 0 Å². The van der Waals surface area contributed by atoms with E-state index in [9.17, 15) is 5.11 Å². The van der Waals surface area contributed by atoms with Crippen LogP contribution in [0.15, 0.2) is 48.9 Å². The first-order valence-electron chi connectivity index (χ1n) is 9.93. The fourth-order valence-electron chi connectivity index (χ4n) is 4.56. The molecule has 1 fully saturated rings. The maximum Gasteiger partial charge on any atom is 0.0995 e. The molecule has 1 aliphatic carbocycles. The normalized spacial score (nSPS) is 21.7. The fraction of sp³-hybridized carbons (Fsp3) is 0.435. The van der Waals surface area contributed by atoms with Gasteiger partial charge in [0.2, 0.25) is 0 Å². The van der Waals surface area contributed by atoms with Gasteiger partial charge in [-0.3, -0.25) is 0 Å². The molecule has 3 nitrogen and oxygen atoms in total. The molecule has 0 bridgehead atoms. The van der Waals surface area contributed by atoms with Gasteiger partial charge in [0.15, 0.2) is 0 Å². The van der Waals surface area contributed by atoms with Crippen molar-refractivity contribution < 1.29 is 5.11 Å². The number of halogens is 1. The summed E-state index contributed by atoms with van der Waals surface area (Å²) in [5.41, 5.74) is 4.65. The van der Waals surface area contributed by atoms with Gasteiger partial charge in [-0.05, 0) is 72.8 Å². The molecule has 0 amide bonds. The monoisotopic (exact) mass is 382 g/mol. The molecule has 0 spiro atoms. The van der Waals surface area contributed by atoms with E-state index in [0.717, 1.165) is 41.9 Å². The predicted molar refractivity (Wildman–Crippen MR) is 110 cm³/mol. The second-order valence-corrected chi connectivity index (χ2v) is 8.56. The zero-order chi connectivity index (χ0) is 19.0. The average molecular weight is 383 g/mol. The van der Waals surface area contributed by atoms with Crippen molar-refractivity contribution in [3.63, 3.8) is 0 Å². The van der Waals surface area contributed by atoms with E-state index >= 15 is 0 Å². The third kappa shape index (κ3) is 3.63. The van der Waals surface area contributed by atoms with Crippen LogP contribution >= 0.6 is 11.6 Å². The summed E-state index contributed by atoms with van der Waals surface area (Å²) in [7, 11) is 0. The maximum absolute atomic E-state index is 11.3. The zero-order valence-corrected chi connectivity index (χ0v) is 16.7. The summed E-state index contributed by atoms with van der Waals surface area (Å²) in [5, 5.41) is 12.1. The first kappa shape index (κ1) is 18.5. The van der Waals surface area contributed by atoms with Gasteiger partial charge in [0.05, 0.1) is 29.8 Å². The molecular weight excluding hydrogens is 356 g/mol. The Hall–Kier alpha value is -1.84. The summed E-state index contributed by atoms with van der Waals surface area (Å²) in [4.78, 5) is 4.29. The van der Waals surface area contributed by atoms with Gasteiger partial charge in [0.25, 0.3) is 0 Å². The van der Waals surface area contributed by atoms with Crippen molar-refractivity contribution in [1.29, 1.82) is 0 Å². The van der Waals surface area contributed by atoms with Crippen molar-refractivity contribution in [2.24, 2.45) is 5.92 Å². The smallest absolute Gasteiger partial charge is 0.0995 e. The number of fused-ring (bicyclic) bond motifs is 1. The molecule has 27 heavy (non-hydrogen) atoms. The molecule has 0 unspecified atom stereocenters. The minimum atomic E-state index is -0.452. The molecule has 1 aliphatic rings. The Balaban J connectivity index is 1.55. The summed E-state index contributed by atoms with van der Waals surface area (Å²) < 4.78 is 2.07. The molecule has 2 heterocycles. The van der Waals surface area contributed by atoms with E-state index in [-0.39, 0.29) is 0 Å². The van der Waals surface area contributed by atoms with E-state index in [2.05, 4.69) is 47.5 Å². The number of pyridine rings is 1. The Labute approximate surface area is 166 Å². The molecule has 2 aromatic heterocycles. The molecule has 0 radical (unpaired) electrons. The Morgan fingerprint density at radius 2 is 1.74 bits per heavy atom. The number of hydrogen-bond donors (Lipinski definition) is 1. The van der Waals surface area contributed by atoms with E-state index in [4.69, 9.17) is 11.6 Å².